The van der Waals surface area contributed by atoms with Crippen LogP contribution < -0.4 is 11.2 Å². The van der Waals surface area contributed by atoms with Crippen LogP contribution in [-0.4, -0.2) is 17.5 Å². The van der Waals surface area contributed by atoms with Crippen molar-refractivity contribution in [2.45, 2.75) is 39.0 Å². The van der Waals surface area contributed by atoms with E-state index in [-0.39, 0.29) is 0 Å². The van der Waals surface area contributed by atoms with Gasteiger partial charge in [-0.05, 0) is 36.6 Å². The van der Waals surface area contributed by atoms with Crippen molar-refractivity contribution >= 4 is 46.8 Å². The molecule has 0 radical (unpaired) electrons. The van der Waals surface area contributed by atoms with Gasteiger partial charge in [0.1, 0.15) is 0 Å². The van der Waals surface area contributed by atoms with Crippen LogP contribution in [0.25, 0.3) is 6.08 Å². The number of nitrogens with zero attached hydrogens (tertiary/aromatic N) is 1. The molecule has 24 heavy (non-hydrogen) atoms. The highest BCUT2D eigenvalue weighted by atomic mass is 35.5. The van der Waals surface area contributed by atoms with Crippen molar-refractivity contribution in [3.8, 4) is 0 Å². The number of benzene rings is 1. The minimum Gasteiger partial charge on any atom is -0.361 e. The fraction of sp³-hybridized carbons (Fsp3) is 0.353. The summed E-state index contributed by atoms with van der Waals surface area (Å²) in [5.74, 6) is -2.01. The van der Waals surface area contributed by atoms with Crippen LogP contribution in [0.1, 0.15) is 44.6 Å². The second-order valence-corrected chi connectivity index (χ2v) is 6.04. The summed E-state index contributed by atoms with van der Waals surface area (Å²) >= 11 is 11.9. The standard InChI is InChI=1S/C17H21Cl2N3O2/c1-2-3-4-5-6-13(21-22-17(24)16(20)23)9-7-12-8-10-14(18)15(19)11-12/h7-11H,2-6H2,1H3,(H2,20,23)(H,22,24)/b9-7-,21-13-. The lowest BCUT2D eigenvalue weighted by Crippen LogP contribution is -2.33. The van der Waals surface area contributed by atoms with Crippen molar-refractivity contribution in [3.63, 3.8) is 0 Å². The Morgan fingerprint density at radius 2 is 1.96 bits per heavy atom. The van der Waals surface area contributed by atoms with E-state index in [9.17, 15) is 9.59 Å². The molecule has 0 aliphatic heterocycles. The lowest BCUT2D eigenvalue weighted by molar-refractivity contribution is -0.137. The Kier molecular flexibility index (Phi) is 9.12. The molecule has 1 aromatic carbocycles. The average molecular weight is 370 g/mol. The zero-order chi connectivity index (χ0) is 17.9. The van der Waals surface area contributed by atoms with E-state index in [0.29, 0.717) is 22.2 Å². The highest BCUT2D eigenvalue weighted by molar-refractivity contribution is 6.42. The summed E-state index contributed by atoms with van der Waals surface area (Å²) < 4.78 is 0. The number of amides is 2. The van der Waals surface area contributed by atoms with Gasteiger partial charge in [0.05, 0.1) is 15.8 Å². The van der Waals surface area contributed by atoms with Crippen molar-refractivity contribution in [2.75, 3.05) is 0 Å². The van der Waals surface area contributed by atoms with Crippen LogP contribution in [0.4, 0.5) is 0 Å². The quantitative estimate of drug-likeness (QED) is 0.314. The topological polar surface area (TPSA) is 84.6 Å². The molecule has 0 saturated heterocycles. The Hall–Kier alpha value is -1.85. The molecule has 1 aromatic rings. The van der Waals surface area contributed by atoms with Crippen LogP contribution >= 0.6 is 23.2 Å². The average Bonchev–Trinajstić information content (AvgIpc) is 2.55. The van der Waals surface area contributed by atoms with Crippen molar-refractivity contribution in [1.82, 2.24) is 5.43 Å². The predicted octanol–water partition coefficient (Wildman–Crippen LogP) is 3.93. The monoisotopic (exact) mass is 369 g/mol. The minimum absolute atomic E-state index is 0.460. The molecule has 0 aromatic heterocycles. The van der Waals surface area contributed by atoms with Crippen LogP contribution in [0.5, 0.6) is 0 Å². The SMILES string of the molecule is CCCCCCC(/C=C\c1ccc(Cl)c(Cl)c1)=N/NC(=O)C(N)=O. The van der Waals surface area contributed by atoms with Crippen molar-refractivity contribution in [2.24, 2.45) is 10.8 Å². The second kappa shape index (κ2) is 10.8. The number of hydrazone groups is 1. The summed E-state index contributed by atoms with van der Waals surface area (Å²) in [6.07, 6.45) is 8.53. The number of hydrogen-bond donors (Lipinski definition) is 2. The maximum absolute atomic E-state index is 11.2. The van der Waals surface area contributed by atoms with Crippen LogP contribution in [0.3, 0.4) is 0 Å². The summed E-state index contributed by atoms with van der Waals surface area (Å²) in [7, 11) is 0. The van der Waals surface area contributed by atoms with Crippen LogP contribution in [0.15, 0.2) is 29.4 Å². The number of carbonyl (C=O) groups is 2. The fourth-order valence-corrected chi connectivity index (χ4v) is 2.20. The highest BCUT2D eigenvalue weighted by Crippen LogP contribution is 2.23. The number of nitrogens with one attached hydrogen (secondary N) is 1. The molecule has 3 N–H and O–H groups in total. The first-order chi connectivity index (χ1) is 11.4. The highest BCUT2D eigenvalue weighted by Gasteiger charge is 2.07. The zero-order valence-electron chi connectivity index (χ0n) is 13.5. The Morgan fingerprint density at radius 3 is 2.58 bits per heavy atom. The Balaban J connectivity index is 2.80. The number of halogens is 2. The fourth-order valence-electron chi connectivity index (χ4n) is 1.90. The van der Waals surface area contributed by atoms with E-state index in [1.54, 1.807) is 18.2 Å². The van der Waals surface area contributed by atoms with Crippen LogP contribution in [-0.2, 0) is 9.59 Å². The van der Waals surface area contributed by atoms with Gasteiger partial charge >= 0.3 is 11.8 Å². The first-order valence-electron chi connectivity index (χ1n) is 7.73. The van der Waals surface area contributed by atoms with Crippen molar-refractivity contribution < 1.29 is 9.59 Å². The normalized spacial score (nSPS) is 11.7. The molecule has 5 nitrogen and oxygen atoms in total. The molecule has 0 bridgehead atoms. The third-order valence-corrected chi connectivity index (χ3v) is 3.96. The molecule has 130 valence electrons. The molecule has 0 aliphatic carbocycles. The molecule has 0 fully saturated rings. The smallest absolute Gasteiger partial charge is 0.329 e. The molecule has 0 heterocycles. The first kappa shape index (κ1) is 20.2. The zero-order valence-corrected chi connectivity index (χ0v) is 15.0. The summed E-state index contributed by atoms with van der Waals surface area (Å²) in [5.41, 5.74) is 8.55. The van der Waals surface area contributed by atoms with E-state index >= 15 is 0 Å². The Labute approximate surface area is 151 Å². The molecular weight excluding hydrogens is 349 g/mol. The molecule has 0 saturated carbocycles. The molecule has 1 rings (SSSR count). The molecule has 7 heteroatoms. The third kappa shape index (κ3) is 7.62. The molecule has 0 spiro atoms. The number of primary amides is 1. The number of carbonyl (C=O) groups excluding carboxylic acids is 2. The molecule has 2 amide bonds. The lowest BCUT2D eigenvalue weighted by atomic mass is 10.1. The number of rotatable bonds is 8. The number of unbranched alkanes of at least 4 members (excludes halogenated alkanes) is 3. The van der Waals surface area contributed by atoms with E-state index in [0.717, 1.165) is 31.2 Å². The summed E-state index contributed by atoms with van der Waals surface area (Å²) in [6, 6.07) is 5.26. The third-order valence-electron chi connectivity index (χ3n) is 3.22. The van der Waals surface area contributed by atoms with Crippen LogP contribution in [0, 0.1) is 0 Å². The van der Waals surface area contributed by atoms with Gasteiger partial charge in [-0.2, -0.15) is 5.10 Å². The lowest BCUT2D eigenvalue weighted by Gasteiger charge is -2.03. The first-order valence-corrected chi connectivity index (χ1v) is 8.49. The molecular formula is C17H21Cl2N3O2. The Morgan fingerprint density at radius 1 is 1.21 bits per heavy atom. The van der Waals surface area contributed by atoms with Gasteiger partial charge in [0.2, 0.25) is 0 Å². The van der Waals surface area contributed by atoms with E-state index < -0.39 is 11.8 Å². The predicted molar refractivity (Wildman–Crippen MR) is 99.0 cm³/mol. The van der Waals surface area contributed by atoms with Gasteiger partial charge in [-0.1, -0.05) is 61.5 Å². The van der Waals surface area contributed by atoms with E-state index in [4.69, 9.17) is 28.9 Å². The number of hydrogen-bond acceptors (Lipinski definition) is 3. The van der Waals surface area contributed by atoms with Gasteiger partial charge in [-0.3, -0.25) is 9.59 Å². The van der Waals surface area contributed by atoms with E-state index in [1.807, 2.05) is 12.1 Å². The van der Waals surface area contributed by atoms with E-state index in [1.165, 1.54) is 0 Å². The maximum atomic E-state index is 11.2. The van der Waals surface area contributed by atoms with Crippen molar-refractivity contribution in [3.05, 3.63) is 39.9 Å². The second-order valence-electron chi connectivity index (χ2n) is 5.23. The molecule has 0 unspecified atom stereocenters. The summed E-state index contributed by atoms with van der Waals surface area (Å²) in [6.45, 7) is 2.13. The van der Waals surface area contributed by atoms with Crippen molar-refractivity contribution in [1.29, 1.82) is 0 Å². The largest absolute Gasteiger partial charge is 0.361 e. The molecule has 0 aliphatic rings. The number of nitrogens with two attached hydrogens (primary N) is 1. The minimum atomic E-state index is -1.07. The van der Waals surface area contributed by atoms with Gasteiger partial charge < -0.3 is 5.73 Å². The van der Waals surface area contributed by atoms with Gasteiger partial charge in [-0.15, -0.1) is 0 Å². The van der Waals surface area contributed by atoms with Gasteiger partial charge in [0, 0.05) is 0 Å². The Bertz CT molecular complexity index is 643. The van der Waals surface area contributed by atoms with Gasteiger partial charge in [-0.25, -0.2) is 5.43 Å². The maximum Gasteiger partial charge on any atom is 0.329 e. The molecule has 0 atom stereocenters. The van der Waals surface area contributed by atoms with Gasteiger partial charge in [0.25, 0.3) is 0 Å². The summed E-state index contributed by atoms with van der Waals surface area (Å²) in [4.78, 5) is 22.0. The summed E-state index contributed by atoms with van der Waals surface area (Å²) in [5, 5.41) is 4.91. The van der Waals surface area contributed by atoms with E-state index in [2.05, 4.69) is 17.5 Å². The number of allylic oxidation sites excluding steroid dienone is 1. The van der Waals surface area contributed by atoms with Crippen LogP contribution in [0.2, 0.25) is 10.0 Å². The van der Waals surface area contributed by atoms with Gasteiger partial charge in [0.15, 0.2) is 0 Å².